The molecule has 0 unspecified atom stereocenters. The maximum atomic E-state index is 10.3. The molecule has 260 valence electrons. The molecular weight excluding hydrogens is 560 g/mol. The second-order valence-electron chi connectivity index (χ2n) is 11.7. The van der Waals surface area contributed by atoms with Crippen LogP contribution in [-0.2, 0) is 19.2 Å². The van der Waals surface area contributed by atoms with Crippen LogP contribution in [-0.4, -0.2) is 44.3 Å². The number of allylic oxidation sites excluding steroid dienone is 2. The third-order valence-corrected chi connectivity index (χ3v) is 7.18. The molecule has 0 radical (unpaired) electrons. The molecule has 8 heteroatoms. The molecule has 0 saturated carbocycles. The maximum Gasteiger partial charge on any atom is 0.303 e. The van der Waals surface area contributed by atoms with Crippen molar-refractivity contribution in [2.75, 3.05) is 0 Å². The first-order chi connectivity index (χ1) is 21.2. The first-order valence-electron chi connectivity index (χ1n) is 17.7. The Kier molecular flexibility index (Phi) is 42.5. The zero-order chi connectivity index (χ0) is 33.5. The molecule has 0 rings (SSSR count). The smallest absolute Gasteiger partial charge is 0.303 e. The minimum absolute atomic E-state index is 0.0628. The average Bonchev–Trinajstić information content (AvgIpc) is 2.97. The fraction of sp³-hybridized carbons (Fsp3) is 0.833. The molecule has 0 aromatic heterocycles. The molecule has 0 atom stereocenters. The van der Waals surface area contributed by atoms with E-state index < -0.39 is 23.9 Å². The minimum Gasteiger partial charge on any atom is -0.481 e. The summed E-state index contributed by atoms with van der Waals surface area (Å²) in [6.45, 7) is 4.49. The van der Waals surface area contributed by atoms with Crippen LogP contribution in [0.5, 0.6) is 0 Å². The fourth-order valence-electron chi connectivity index (χ4n) is 4.49. The molecular formula is C36H68O8. The third kappa shape index (κ3) is 55.5. The van der Waals surface area contributed by atoms with Crippen molar-refractivity contribution in [2.45, 2.75) is 194 Å². The number of carbonyl (C=O) groups is 4. The van der Waals surface area contributed by atoms with Crippen LogP contribution in [0.1, 0.15) is 194 Å². The van der Waals surface area contributed by atoms with E-state index in [0.717, 1.165) is 32.1 Å². The summed E-state index contributed by atoms with van der Waals surface area (Å²) in [7, 11) is 0. The molecule has 8 nitrogen and oxygen atoms in total. The number of hydrogen-bond donors (Lipinski definition) is 4. The van der Waals surface area contributed by atoms with Crippen LogP contribution < -0.4 is 0 Å². The number of hydrogen-bond acceptors (Lipinski definition) is 4. The summed E-state index contributed by atoms with van der Waals surface area (Å²) in [5.41, 5.74) is 0. The highest BCUT2D eigenvalue weighted by Gasteiger charge is 1.99. The number of aliphatic carboxylic acids is 4. The monoisotopic (exact) mass is 628 g/mol. The van der Waals surface area contributed by atoms with E-state index in [1.807, 2.05) is 0 Å². The number of carboxylic acid groups (broad SMARTS) is 4. The van der Waals surface area contributed by atoms with E-state index in [2.05, 4.69) is 26.0 Å². The van der Waals surface area contributed by atoms with Gasteiger partial charge in [-0.3, -0.25) is 19.2 Å². The zero-order valence-electron chi connectivity index (χ0n) is 28.4. The van der Waals surface area contributed by atoms with Crippen molar-refractivity contribution in [3.8, 4) is 0 Å². The Morgan fingerprint density at radius 1 is 0.341 bits per heavy atom. The van der Waals surface area contributed by atoms with Crippen molar-refractivity contribution in [3.05, 3.63) is 12.2 Å². The van der Waals surface area contributed by atoms with Gasteiger partial charge in [0.15, 0.2) is 0 Å². The normalized spacial score (nSPS) is 10.5. The first-order valence-corrected chi connectivity index (χ1v) is 17.7. The second-order valence-corrected chi connectivity index (χ2v) is 11.7. The number of carboxylic acids is 4. The van der Waals surface area contributed by atoms with Crippen LogP contribution in [0.4, 0.5) is 0 Å². The van der Waals surface area contributed by atoms with E-state index in [-0.39, 0.29) is 12.8 Å². The van der Waals surface area contributed by atoms with E-state index in [4.69, 9.17) is 20.4 Å². The van der Waals surface area contributed by atoms with E-state index in [1.54, 1.807) is 0 Å². The van der Waals surface area contributed by atoms with E-state index >= 15 is 0 Å². The summed E-state index contributed by atoms with van der Waals surface area (Å²) in [6.07, 6.45) is 33.8. The summed E-state index contributed by atoms with van der Waals surface area (Å²) in [6, 6.07) is 0. The van der Waals surface area contributed by atoms with Crippen LogP contribution >= 0.6 is 0 Å². The topological polar surface area (TPSA) is 149 Å². The predicted octanol–water partition coefficient (Wildman–Crippen LogP) is 10.8. The molecule has 0 amide bonds. The summed E-state index contributed by atoms with van der Waals surface area (Å²) in [4.78, 5) is 40.3. The Morgan fingerprint density at radius 2 is 0.545 bits per heavy atom. The maximum absolute atomic E-state index is 10.3. The highest BCUT2D eigenvalue weighted by atomic mass is 16.4. The van der Waals surface area contributed by atoms with Crippen LogP contribution in [0.15, 0.2) is 12.2 Å². The molecule has 0 aliphatic rings. The summed E-state index contributed by atoms with van der Waals surface area (Å²) in [5.74, 6) is -3.08. The van der Waals surface area contributed by atoms with Gasteiger partial charge in [-0.2, -0.15) is 0 Å². The van der Waals surface area contributed by atoms with Gasteiger partial charge in [-0.25, -0.2) is 0 Å². The standard InChI is InChI=1S/C18H34O2.C12H24O2.C6H10O4/c1-2-3-4-5-6-7-8-9-10-11-12-13-14-15-16-17-18(19)20;1-2-3-4-5-6-7-8-9-10-11-12(13)14;7-5(8)3-1-2-4-6(9)10/h12-13H,2-11,14-17H2,1H3,(H,19,20);2-11H2,1H3,(H,13,14);1-4H2,(H,7,8)(H,9,10)/b13-12-;;. The van der Waals surface area contributed by atoms with Gasteiger partial charge in [-0.15, -0.1) is 0 Å². The van der Waals surface area contributed by atoms with Gasteiger partial charge in [-0.1, -0.05) is 129 Å². The third-order valence-electron chi connectivity index (χ3n) is 7.18. The van der Waals surface area contributed by atoms with E-state index in [1.165, 1.54) is 109 Å². The van der Waals surface area contributed by atoms with Gasteiger partial charge in [0, 0.05) is 25.7 Å². The average molecular weight is 629 g/mol. The van der Waals surface area contributed by atoms with Gasteiger partial charge in [0.25, 0.3) is 0 Å². The Hall–Kier alpha value is -2.38. The molecule has 0 saturated heterocycles. The van der Waals surface area contributed by atoms with Gasteiger partial charge in [-0.05, 0) is 51.4 Å². The lowest BCUT2D eigenvalue weighted by Crippen LogP contribution is -1.97. The van der Waals surface area contributed by atoms with Crippen LogP contribution in [0.25, 0.3) is 0 Å². The lowest BCUT2D eigenvalue weighted by Gasteiger charge is -2.00. The van der Waals surface area contributed by atoms with E-state index in [9.17, 15) is 19.2 Å². The second kappa shape index (κ2) is 40.6. The molecule has 0 spiro atoms. The van der Waals surface area contributed by atoms with Crippen molar-refractivity contribution < 1.29 is 39.6 Å². The molecule has 0 bridgehead atoms. The molecule has 44 heavy (non-hydrogen) atoms. The highest BCUT2D eigenvalue weighted by Crippen LogP contribution is 2.12. The zero-order valence-corrected chi connectivity index (χ0v) is 28.4. The largest absolute Gasteiger partial charge is 0.481 e. The van der Waals surface area contributed by atoms with Crippen molar-refractivity contribution in [2.24, 2.45) is 0 Å². The lowest BCUT2D eigenvalue weighted by atomic mass is 10.1. The highest BCUT2D eigenvalue weighted by molar-refractivity contribution is 5.68. The van der Waals surface area contributed by atoms with Gasteiger partial charge in [0.2, 0.25) is 0 Å². The minimum atomic E-state index is -0.870. The lowest BCUT2D eigenvalue weighted by molar-refractivity contribution is -0.139. The summed E-state index contributed by atoms with van der Waals surface area (Å²) < 4.78 is 0. The number of rotatable bonds is 30. The van der Waals surface area contributed by atoms with Gasteiger partial charge in [0.1, 0.15) is 0 Å². The Bertz CT molecular complexity index is 659. The molecule has 0 aromatic rings. The summed E-state index contributed by atoms with van der Waals surface area (Å²) in [5, 5.41) is 33.2. The number of unbranched alkanes of at least 4 members (excludes halogenated alkanes) is 20. The van der Waals surface area contributed by atoms with Crippen molar-refractivity contribution in [3.63, 3.8) is 0 Å². The Balaban J connectivity index is -0.000000611. The van der Waals surface area contributed by atoms with Crippen molar-refractivity contribution in [1.29, 1.82) is 0 Å². The molecule has 0 aromatic carbocycles. The fourth-order valence-corrected chi connectivity index (χ4v) is 4.49. The van der Waals surface area contributed by atoms with Gasteiger partial charge >= 0.3 is 23.9 Å². The first kappa shape index (κ1) is 46.0. The predicted molar refractivity (Wildman–Crippen MR) is 180 cm³/mol. The molecule has 0 aliphatic carbocycles. The van der Waals surface area contributed by atoms with Crippen molar-refractivity contribution >= 4 is 23.9 Å². The Morgan fingerprint density at radius 3 is 0.841 bits per heavy atom. The molecule has 0 fully saturated rings. The molecule has 0 heterocycles. The summed E-state index contributed by atoms with van der Waals surface area (Å²) >= 11 is 0. The quantitative estimate of drug-likeness (QED) is 0.0453. The Labute approximate surface area is 269 Å². The van der Waals surface area contributed by atoms with E-state index in [0.29, 0.717) is 25.7 Å². The molecule has 4 N–H and O–H groups in total. The van der Waals surface area contributed by atoms with Gasteiger partial charge < -0.3 is 20.4 Å². The van der Waals surface area contributed by atoms with Crippen LogP contribution in [0.2, 0.25) is 0 Å². The van der Waals surface area contributed by atoms with Crippen LogP contribution in [0.3, 0.4) is 0 Å². The van der Waals surface area contributed by atoms with Crippen LogP contribution in [0, 0.1) is 0 Å². The van der Waals surface area contributed by atoms with Gasteiger partial charge in [0.05, 0.1) is 0 Å². The molecule has 0 aliphatic heterocycles. The van der Waals surface area contributed by atoms with Crippen molar-refractivity contribution in [1.82, 2.24) is 0 Å². The SMILES string of the molecule is CCCCCCCCCCC/C=C\CCCCC(=O)O.CCCCCCCCCCCC(=O)O.O=C(O)CCCCC(=O)O.